The van der Waals surface area contributed by atoms with E-state index >= 15 is 0 Å². The van der Waals surface area contributed by atoms with E-state index in [1.165, 1.54) is 0 Å². The molecule has 0 saturated heterocycles. The van der Waals surface area contributed by atoms with Gasteiger partial charge in [0.2, 0.25) is 0 Å². The summed E-state index contributed by atoms with van der Waals surface area (Å²) in [6.45, 7) is 0. The average Bonchev–Trinajstić information content (AvgIpc) is 0. The molecule has 10 heavy (non-hydrogen) atoms. The van der Waals surface area contributed by atoms with Gasteiger partial charge in [-0.05, 0) is 0 Å². The van der Waals surface area contributed by atoms with Crippen LogP contribution < -0.4 is 0 Å². The predicted octanol–water partition coefficient (Wildman–Crippen LogP) is -4.48. The summed E-state index contributed by atoms with van der Waals surface area (Å²) in [6.07, 6.45) is 0. The van der Waals surface area contributed by atoms with Gasteiger partial charge in [-0.15, -0.1) is 0 Å². The maximum absolute atomic E-state index is 0. The van der Waals surface area contributed by atoms with E-state index in [1.807, 2.05) is 0 Å². The molecule has 12 N–H and O–H groups in total. The van der Waals surface area contributed by atoms with Crippen molar-refractivity contribution in [3.05, 3.63) is 0 Å². The molecule has 0 aliphatic rings. The van der Waals surface area contributed by atoms with E-state index in [2.05, 4.69) is 0 Å². The molecule has 7 nitrogen and oxygen atoms in total. The van der Waals surface area contributed by atoms with Crippen molar-refractivity contribution in [2.45, 2.75) is 0 Å². The summed E-state index contributed by atoms with van der Waals surface area (Å²) in [5, 5.41) is 0. The molecule has 0 heterocycles. The standard InChI is InChI=1S/2Cr.Hg.7H2O/h;;;7*1H2/q;;+2;;;;;;;/p-2. The van der Waals surface area contributed by atoms with Crippen molar-refractivity contribution >= 4 is 0 Å². The summed E-state index contributed by atoms with van der Waals surface area (Å²) in [5.74, 6) is 0. The Morgan fingerprint density at radius 2 is 0.400 bits per heavy atom. The molecule has 0 aromatic rings. The summed E-state index contributed by atoms with van der Waals surface area (Å²) >= 11 is 0. The molecule has 0 aromatic heterocycles. The number of hydrogen-bond acceptors (Lipinski definition) is 2. The minimum Gasteiger partial charge on any atom is -0.870 e. The summed E-state index contributed by atoms with van der Waals surface area (Å²) < 4.78 is 0. The van der Waals surface area contributed by atoms with Gasteiger partial charge in [-0.3, -0.25) is 0 Å². The molecule has 0 aliphatic heterocycles. The minimum absolute atomic E-state index is 0. The molecular formula is H12Cr2HgO7. The fraction of sp³-hybridized carbons (Fsp3) is 0. The van der Waals surface area contributed by atoms with Gasteiger partial charge >= 0.3 is 27.7 Å². The Morgan fingerprint density at radius 3 is 0.400 bits per heavy atom. The molecule has 0 radical (unpaired) electrons. The second-order valence-corrected chi connectivity index (χ2v) is 0. The van der Waals surface area contributed by atoms with Gasteiger partial charge in [0.25, 0.3) is 0 Å². The molecule has 0 saturated carbocycles. The maximum Gasteiger partial charge on any atom is 2.00 e. The molecule has 0 rings (SSSR count). The third-order valence-electron chi connectivity index (χ3n) is 0. The molecule has 0 amide bonds. The first-order valence-electron chi connectivity index (χ1n) is 0. The Hall–Kier alpha value is 1.72. The van der Waals surface area contributed by atoms with Crippen LogP contribution in [0.25, 0.3) is 0 Å². The van der Waals surface area contributed by atoms with E-state index in [4.69, 9.17) is 0 Å². The predicted molar refractivity (Wildman–Crippen MR) is 21.9 cm³/mol. The van der Waals surface area contributed by atoms with Gasteiger partial charge in [0.05, 0.1) is 0 Å². The third kappa shape index (κ3) is 250. The summed E-state index contributed by atoms with van der Waals surface area (Å²) in [7, 11) is 0. The van der Waals surface area contributed by atoms with Crippen molar-refractivity contribution in [3.63, 3.8) is 0 Å². The molecule has 0 aliphatic carbocycles. The van der Waals surface area contributed by atoms with Crippen molar-refractivity contribution in [2.24, 2.45) is 0 Å². The van der Waals surface area contributed by atoms with Gasteiger partial charge in [0.1, 0.15) is 0 Å². The zero-order valence-electron chi connectivity index (χ0n) is 4.92. The van der Waals surface area contributed by atoms with Crippen LogP contribution in [0, 0.1) is 0 Å². The van der Waals surface area contributed by atoms with Crippen LogP contribution in [0.2, 0.25) is 0 Å². The molecule has 0 spiro atoms. The van der Waals surface area contributed by atoms with Gasteiger partial charge in [0.15, 0.2) is 0 Å². The molecule has 0 aromatic carbocycles. The maximum atomic E-state index is 0. The van der Waals surface area contributed by atoms with E-state index in [0.29, 0.717) is 0 Å². The van der Waals surface area contributed by atoms with E-state index < -0.39 is 0 Å². The number of hydrogen-bond donors (Lipinski definition) is 0. The van der Waals surface area contributed by atoms with E-state index in [0.717, 1.165) is 0 Å². The van der Waals surface area contributed by atoms with Gasteiger partial charge in [-0.2, -0.15) is 0 Å². The normalized spacial score (nSPS) is 0. The van der Waals surface area contributed by atoms with Gasteiger partial charge in [-0.25, -0.2) is 0 Å². The van der Waals surface area contributed by atoms with Crippen LogP contribution in [0.15, 0.2) is 0 Å². The third-order valence-corrected chi connectivity index (χ3v) is 0. The van der Waals surface area contributed by atoms with Crippen molar-refractivity contribution in [1.29, 1.82) is 0 Å². The topological polar surface area (TPSA) is 218 Å². The SMILES string of the molecule is O.O.O.O.O.[Cr].[Cr].[Hg+2].[OH-].[OH-]. The van der Waals surface area contributed by atoms with Crippen molar-refractivity contribution in [3.8, 4) is 0 Å². The first-order chi connectivity index (χ1) is 0. The van der Waals surface area contributed by atoms with E-state index in [1.54, 1.807) is 0 Å². The van der Waals surface area contributed by atoms with Gasteiger partial charge in [-0.1, -0.05) is 0 Å². The zero-order chi connectivity index (χ0) is 0. The Morgan fingerprint density at radius 1 is 0.400 bits per heavy atom. The second kappa shape index (κ2) is 342. The first-order valence-corrected chi connectivity index (χ1v) is 0. The van der Waals surface area contributed by atoms with Crippen molar-refractivity contribution in [1.82, 2.24) is 0 Å². The quantitative estimate of drug-likeness (QED) is 0.348. The molecule has 0 atom stereocenters. The van der Waals surface area contributed by atoms with Crippen LogP contribution in [0.5, 0.6) is 0 Å². The van der Waals surface area contributed by atoms with Crippen LogP contribution in [-0.2, 0) is 62.4 Å². The van der Waals surface area contributed by atoms with Crippen LogP contribution in [0.4, 0.5) is 0 Å². The van der Waals surface area contributed by atoms with Gasteiger partial charge in [0, 0.05) is 34.7 Å². The first kappa shape index (κ1) is 455. The minimum atomic E-state index is 0. The Bertz CT molecular complexity index is 11.6. The summed E-state index contributed by atoms with van der Waals surface area (Å²) in [4.78, 5) is 0. The largest absolute Gasteiger partial charge is 2.00 e. The monoisotopic (exact) mass is 430 g/mol. The Kier molecular flexibility index (Phi) is 15600. The van der Waals surface area contributed by atoms with Crippen LogP contribution in [0.3, 0.4) is 0 Å². The molecule has 10 heteroatoms. The summed E-state index contributed by atoms with van der Waals surface area (Å²) in [6, 6.07) is 0. The average molecular weight is 429 g/mol. The smallest absolute Gasteiger partial charge is 0.870 e. The van der Waals surface area contributed by atoms with Gasteiger partial charge < -0.3 is 38.3 Å². The Balaban J connectivity index is 0. The molecule has 0 unspecified atom stereocenters. The fourth-order valence-electron chi connectivity index (χ4n) is 0. The fourth-order valence-corrected chi connectivity index (χ4v) is 0. The van der Waals surface area contributed by atoms with Crippen molar-refractivity contribution < 1.29 is 101 Å². The van der Waals surface area contributed by atoms with E-state index in [9.17, 15) is 0 Å². The Labute approximate surface area is 100 Å². The molecule has 68 valence electrons. The zero-order valence-corrected chi connectivity index (χ0v) is 13.0. The van der Waals surface area contributed by atoms with Crippen LogP contribution >= 0.6 is 0 Å². The summed E-state index contributed by atoms with van der Waals surface area (Å²) in [5.41, 5.74) is 0. The van der Waals surface area contributed by atoms with Crippen LogP contribution in [-0.4, -0.2) is 38.3 Å². The molecular weight excluding hydrogens is 417 g/mol. The van der Waals surface area contributed by atoms with Crippen LogP contribution in [0.1, 0.15) is 0 Å². The molecule has 0 fully saturated rings. The number of rotatable bonds is 0. The second-order valence-electron chi connectivity index (χ2n) is 0. The molecule has 0 bridgehead atoms. The van der Waals surface area contributed by atoms with Crippen molar-refractivity contribution in [2.75, 3.05) is 0 Å². The van der Waals surface area contributed by atoms with E-state index in [-0.39, 0.29) is 101 Å².